The van der Waals surface area contributed by atoms with Gasteiger partial charge in [-0.25, -0.2) is 9.97 Å². The van der Waals surface area contributed by atoms with Crippen LogP contribution in [-0.2, 0) is 0 Å². The molecule has 0 bridgehead atoms. The summed E-state index contributed by atoms with van der Waals surface area (Å²) in [5.41, 5.74) is 0.395. The fourth-order valence-electron chi connectivity index (χ4n) is 1.71. The number of anilines is 1. The highest BCUT2D eigenvalue weighted by Gasteiger charge is 2.21. The van der Waals surface area contributed by atoms with Crippen LogP contribution in [0.1, 0.15) is 13.3 Å². The number of nitrogens with one attached hydrogen (secondary N) is 1. The molecular weight excluding hydrogens is 315 g/mol. The normalized spacial score (nSPS) is 10.4. The van der Waals surface area contributed by atoms with E-state index in [0.717, 1.165) is 6.42 Å². The van der Waals surface area contributed by atoms with Crippen molar-refractivity contribution in [1.29, 1.82) is 0 Å². The van der Waals surface area contributed by atoms with Gasteiger partial charge >= 0.3 is 5.69 Å². The molecule has 21 heavy (non-hydrogen) atoms. The van der Waals surface area contributed by atoms with E-state index in [1.165, 1.54) is 12.3 Å². The van der Waals surface area contributed by atoms with Crippen molar-refractivity contribution >= 4 is 34.8 Å². The summed E-state index contributed by atoms with van der Waals surface area (Å²) < 4.78 is 0. The Morgan fingerprint density at radius 2 is 2.14 bits per heavy atom. The first kappa shape index (κ1) is 15.5. The van der Waals surface area contributed by atoms with Crippen molar-refractivity contribution in [3.8, 4) is 11.3 Å². The van der Waals surface area contributed by atoms with Crippen LogP contribution < -0.4 is 5.32 Å². The molecule has 0 aliphatic rings. The van der Waals surface area contributed by atoms with Gasteiger partial charge in [0.1, 0.15) is 6.20 Å². The molecule has 0 unspecified atom stereocenters. The smallest absolute Gasteiger partial charge is 0.313 e. The first-order valence-electron chi connectivity index (χ1n) is 6.23. The highest BCUT2D eigenvalue weighted by molar-refractivity contribution is 6.36. The summed E-state index contributed by atoms with van der Waals surface area (Å²) in [4.78, 5) is 18.7. The number of benzene rings is 1. The predicted molar refractivity (Wildman–Crippen MR) is 82.9 cm³/mol. The Morgan fingerprint density at radius 1 is 1.38 bits per heavy atom. The molecule has 1 aromatic carbocycles. The van der Waals surface area contributed by atoms with Crippen molar-refractivity contribution in [2.24, 2.45) is 0 Å². The Labute approximate surface area is 131 Å². The third-order valence-corrected chi connectivity index (χ3v) is 3.23. The van der Waals surface area contributed by atoms with Crippen LogP contribution in [0.15, 0.2) is 24.4 Å². The van der Waals surface area contributed by atoms with E-state index < -0.39 is 4.92 Å². The Kier molecular flexibility index (Phi) is 4.93. The third kappa shape index (κ3) is 3.59. The predicted octanol–water partition coefficient (Wildman–Crippen LogP) is 4.18. The molecule has 1 aromatic heterocycles. The van der Waals surface area contributed by atoms with Crippen LogP contribution in [0.25, 0.3) is 11.3 Å². The van der Waals surface area contributed by atoms with Gasteiger partial charge in [0.2, 0.25) is 5.95 Å². The molecule has 0 aliphatic carbocycles. The van der Waals surface area contributed by atoms with Gasteiger partial charge in [0.15, 0.2) is 5.69 Å². The van der Waals surface area contributed by atoms with Crippen molar-refractivity contribution in [1.82, 2.24) is 9.97 Å². The number of aromatic nitrogens is 2. The van der Waals surface area contributed by atoms with E-state index in [4.69, 9.17) is 23.2 Å². The molecule has 0 saturated heterocycles. The summed E-state index contributed by atoms with van der Waals surface area (Å²) in [6.45, 7) is 2.67. The van der Waals surface area contributed by atoms with Crippen LogP contribution in [0.5, 0.6) is 0 Å². The monoisotopic (exact) mass is 326 g/mol. The van der Waals surface area contributed by atoms with Gasteiger partial charge in [-0.3, -0.25) is 10.1 Å². The molecule has 0 radical (unpaired) electrons. The first-order chi connectivity index (χ1) is 10.0. The van der Waals surface area contributed by atoms with Crippen molar-refractivity contribution in [3.05, 3.63) is 44.6 Å². The number of nitrogens with zero attached hydrogens (tertiary/aromatic N) is 3. The minimum absolute atomic E-state index is 0.162. The topological polar surface area (TPSA) is 81.0 Å². The van der Waals surface area contributed by atoms with Crippen LogP contribution in [0.3, 0.4) is 0 Å². The SMILES string of the molecule is CCCNc1ncc([N+](=O)[O-])c(-c2ccc(Cl)cc2Cl)n1. The van der Waals surface area contributed by atoms with Gasteiger partial charge in [0.05, 0.1) is 9.95 Å². The number of rotatable bonds is 5. The molecule has 8 heteroatoms. The van der Waals surface area contributed by atoms with Crippen LogP contribution in [0.2, 0.25) is 10.0 Å². The summed E-state index contributed by atoms with van der Waals surface area (Å²) in [5.74, 6) is 0.323. The minimum Gasteiger partial charge on any atom is -0.354 e. The van der Waals surface area contributed by atoms with Gasteiger partial charge in [-0.05, 0) is 24.6 Å². The van der Waals surface area contributed by atoms with Gasteiger partial charge in [-0.2, -0.15) is 0 Å². The molecule has 0 atom stereocenters. The second-order valence-electron chi connectivity index (χ2n) is 4.24. The Balaban J connectivity index is 2.54. The summed E-state index contributed by atoms with van der Waals surface area (Å²) in [5, 5.41) is 14.9. The van der Waals surface area contributed by atoms with Crippen molar-refractivity contribution in [2.45, 2.75) is 13.3 Å². The van der Waals surface area contributed by atoms with Gasteiger partial charge in [-0.1, -0.05) is 30.1 Å². The molecular formula is C13H12Cl2N4O2. The van der Waals surface area contributed by atoms with E-state index >= 15 is 0 Å². The third-order valence-electron chi connectivity index (χ3n) is 2.69. The van der Waals surface area contributed by atoms with Gasteiger partial charge in [0.25, 0.3) is 0 Å². The molecule has 1 N–H and O–H groups in total. The highest BCUT2D eigenvalue weighted by Crippen LogP contribution is 2.34. The highest BCUT2D eigenvalue weighted by atomic mass is 35.5. The molecule has 0 spiro atoms. The number of halogens is 2. The van der Waals surface area contributed by atoms with Crippen LogP contribution >= 0.6 is 23.2 Å². The summed E-state index contributed by atoms with van der Waals surface area (Å²) >= 11 is 12.0. The molecule has 2 rings (SSSR count). The average molecular weight is 327 g/mol. The maximum Gasteiger partial charge on any atom is 0.313 e. The number of hydrogen-bond donors (Lipinski definition) is 1. The fraction of sp³-hybridized carbons (Fsp3) is 0.231. The number of nitro groups is 1. The van der Waals surface area contributed by atoms with Gasteiger partial charge in [-0.15, -0.1) is 0 Å². The fourth-order valence-corrected chi connectivity index (χ4v) is 2.21. The van der Waals surface area contributed by atoms with E-state index in [-0.39, 0.29) is 11.4 Å². The molecule has 0 amide bonds. The Bertz CT molecular complexity index is 679. The van der Waals surface area contributed by atoms with Crippen molar-refractivity contribution in [3.63, 3.8) is 0 Å². The zero-order valence-electron chi connectivity index (χ0n) is 11.1. The number of hydrogen-bond acceptors (Lipinski definition) is 5. The zero-order chi connectivity index (χ0) is 15.4. The Morgan fingerprint density at radius 3 is 2.76 bits per heavy atom. The minimum atomic E-state index is -0.538. The van der Waals surface area contributed by atoms with E-state index in [9.17, 15) is 10.1 Å². The van der Waals surface area contributed by atoms with Crippen molar-refractivity contribution in [2.75, 3.05) is 11.9 Å². The molecule has 1 heterocycles. The summed E-state index contributed by atoms with van der Waals surface area (Å²) in [7, 11) is 0. The Hall–Kier alpha value is -1.92. The van der Waals surface area contributed by atoms with E-state index in [0.29, 0.717) is 28.1 Å². The average Bonchev–Trinajstić information content (AvgIpc) is 2.44. The lowest BCUT2D eigenvalue weighted by atomic mass is 10.1. The van der Waals surface area contributed by atoms with Crippen molar-refractivity contribution < 1.29 is 4.92 Å². The van der Waals surface area contributed by atoms with Gasteiger partial charge in [0, 0.05) is 17.1 Å². The molecule has 0 fully saturated rings. The van der Waals surface area contributed by atoms with E-state index in [1.54, 1.807) is 12.1 Å². The second-order valence-corrected chi connectivity index (χ2v) is 5.08. The zero-order valence-corrected chi connectivity index (χ0v) is 12.6. The lowest BCUT2D eigenvalue weighted by Crippen LogP contribution is -2.06. The summed E-state index contributed by atoms with van der Waals surface area (Å²) in [6, 6.07) is 4.72. The molecule has 110 valence electrons. The lowest BCUT2D eigenvalue weighted by Gasteiger charge is -2.08. The van der Waals surface area contributed by atoms with E-state index in [1.807, 2.05) is 6.92 Å². The van der Waals surface area contributed by atoms with Crippen LogP contribution in [0, 0.1) is 10.1 Å². The van der Waals surface area contributed by atoms with Crippen LogP contribution in [-0.4, -0.2) is 21.4 Å². The molecule has 0 aliphatic heterocycles. The van der Waals surface area contributed by atoms with Crippen LogP contribution in [0.4, 0.5) is 11.6 Å². The lowest BCUT2D eigenvalue weighted by molar-refractivity contribution is -0.384. The van der Waals surface area contributed by atoms with Gasteiger partial charge < -0.3 is 5.32 Å². The molecule has 6 nitrogen and oxygen atoms in total. The quantitative estimate of drug-likeness (QED) is 0.658. The maximum atomic E-state index is 11.1. The first-order valence-corrected chi connectivity index (χ1v) is 6.99. The van der Waals surface area contributed by atoms with E-state index in [2.05, 4.69) is 15.3 Å². The second kappa shape index (κ2) is 6.69. The standard InChI is InChI=1S/C13H12Cl2N4O2/c1-2-5-16-13-17-7-11(19(20)21)12(18-13)9-4-3-8(14)6-10(9)15/h3-4,6-7H,2,5H2,1H3,(H,16,17,18). The largest absolute Gasteiger partial charge is 0.354 e. The molecule has 2 aromatic rings. The molecule has 0 saturated carbocycles. The maximum absolute atomic E-state index is 11.1. The summed E-state index contributed by atoms with van der Waals surface area (Å²) in [6.07, 6.45) is 2.06.